The van der Waals surface area contributed by atoms with Gasteiger partial charge >= 0.3 is 39.5 Å². The molecule has 0 saturated carbocycles. The van der Waals surface area contributed by atoms with Gasteiger partial charge in [0.25, 0.3) is 0 Å². The third kappa shape index (κ3) is 74.7. The first-order chi connectivity index (χ1) is 48.8. The van der Waals surface area contributed by atoms with E-state index in [1.54, 1.807) is 0 Å². The summed E-state index contributed by atoms with van der Waals surface area (Å²) < 4.78 is 68.8. The number of aliphatic hydroxyl groups excluding tert-OH is 1. The molecule has 3 N–H and O–H groups in total. The standard InChI is InChI=1S/C82H160O17P2/c1-8-10-11-12-13-14-15-20-27-35-42-49-56-63-79(84)92-70-78(99-82(87)66-59-52-45-38-31-30-33-40-47-54-61-74(5)6)72-97-101(90,91)95-68-76(83)67-94-100(88,89)96-71-77(69-93-80(85)64-57-50-43-36-28-23-18-16-21-25-32-39-46-53-60-73(3)4)98-81(86)65-58-51-44-37-29-24-19-17-22-26-34-41-48-55-62-75(7)9-2/h73-78,83H,8-72H2,1-7H3,(H,88,89)(H,90,91)/t75?,76-,77-,78-/m1/s1. The Hall–Kier alpha value is -1.94. The highest BCUT2D eigenvalue weighted by Gasteiger charge is 2.30. The minimum Gasteiger partial charge on any atom is -0.462 e. The number of carbonyl (C=O) groups excluding carboxylic acids is 4. The Kier molecular flexibility index (Phi) is 70.9. The second-order valence-electron chi connectivity index (χ2n) is 30.7. The average Bonchev–Trinajstić information content (AvgIpc) is 0.992. The summed E-state index contributed by atoms with van der Waals surface area (Å²) in [5, 5.41) is 10.7. The molecule has 0 aliphatic heterocycles. The second kappa shape index (κ2) is 72.3. The molecular weight excluding hydrogens is 1320 g/mol. The van der Waals surface area contributed by atoms with Gasteiger partial charge in [-0.15, -0.1) is 0 Å². The lowest BCUT2D eigenvalue weighted by Crippen LogP contribution is -2.30. The maximum absolute atomic E-state index is 13.1. The zero-order valence-corrected chi connectivity index (χ0v) is 68.2. The minimum atomic E-state index is -4.96. The van der Waals surface area contributed by atoms with Crippen molar-refractivity contribution in [1.29, 1.82) is 0 Å². The van der Waals surface area contributed by atoms with Crippen LogP contribution < -0.4 is 0 Å². The van der Waals surface area contributed by atoms with Crippen molar-refractivity contribution >= 4 is 39.5 Å². The summed E-state index contributed by atoms with van der Waals surface area (Å²) in [5.41, 5.74) is 0. The molecule has 600 valence electrons. The molecule has 17 nitrogen and oxygen atoms in total. The van der Waals surface area contributed by atoms with Gasteiger partial charge in [0, 0.05) is 25.7 Å². The van der Waals surface area contributed by atoms with Crippen molar-refractivity contribution in [2.24, 2.45) is 17.8 Å². The number of aliphatic hydroxyl groups is 1. The second-order valence-corrected chi connectivity index (χ2v) is 33.6. The normalized spacial score (nSPS) is 14.2. The Morgan fingerprint density at radius 3 is 0.752 bits per heavy atom. The van der Waals surface area contributed by atoms with E-state index in [-0.39, 0.29) is 25.7 Å². The Morgan fingerprint density at radius 2 is 0.505 bits per heavy atom. The molecule has 0 aromatic rings. The SMILES string of the molecule is CCCCCCCCCCCCCCCC(=O)OC[C@H](COP(=O)(O)OC[C@H](O)COP(=O)(O)OC[C@@H](COC(=O)CCCCCCCCCCCCCCCCC(C)C)OC(=O)CCCCCCCCCCCCCCCCC(C)CC)OC(=O)CCCCCCCCCCCCC(C)C. The molecule has 0 heterocycles. The van der Waals surface area contributed by atoms with Crippen LogP contribution >= 0.6 is 15.6 Å². The maximum Gasteiger partial charge on any atom is 0.472 e. The summed E-state index contributed by atoms with van der Waals surface area (Å²) in [5.74, 6) is 0.289. The average molecular weight is 1480 g/mol. The molecule has 0 radical (unpaired) electrons. The van der Waals surface area contributed by atoms with Gasteiger partial charge in [0.05, 0.1) is 26.4 Å². The van der Waals surface area contributed by atoms with E-state index in [4.69, 9.17) is 37.0 Å². The van der Waals surface area contributed by atoms with Crippen LogP contribution in [0.4, 0.5) is 0 Å². The molecule has 0 spiro atoms. The van der Waals surface area contributed by atoms with Gasteiger partial charge in [0.15, 0.2) is 12.2 Å². The van der Waals surface area contributed by atoms with Crippen molar-refractivity contribution < 1.29 is 80.2 Å². The number of ether oxygens (including phenoxy) is 4. The molecule has 0 rings (SSSR count). The monoisotopic (exact) mass is 1480 g/mol. The lowest BCUT2D eigenvalue weighted by Gasteiger charge is -2.21. The predicted octanol–water partition coefficient (Wildman–Crippen LogP) is 24.5. The molecule has 0 saturated heterocycles. The number of hydrogen-bond donors (Lipinski definition) is 3. The molecule has 0 amide bonds. The predicted molar refractivity (Wildman–Crippen MR) is 414 cm³/mol. The van der Waals surface area contributed by atoms with Gasteiger partial charge in [-0.05, 0) is 43.4 Å². The number of phosphoric ester groups is 2. The van der Waals surface area contributed by atoms with Crippen LogP contribution in [-0.4, -0.2) is 96.7 Å². The van der Waals surface area contributed by atoms with Crippen LogP contribution in [0.25, 0.3) is 0 Å². The molecule has 0 aliphatic rings. The van der Waals surface area contributed by atoms with Crippen LogP contribution in [0.15, 0.2) is 0 Å². The molecule has 6 atom stereocenters. The van der Waals surface area contributed by atoms with E-state index in [1.165, 1.54) is 238 Å². The number of phosphoric acid groups is 2. The molecule has 0 fully saturated rings. The van der Waals surface area contributed by atoms with E-state index in [9.17, 15) is 43.2 Å². The number of rotatable bonds is 80. The number of carbonyl (C=O) groups is 4. The Labute approximate surface area is 619 Å². The Morgan fingerprint density at radius 1 is 0.287 bits per heavy atom. The van der Waals surface area contributed by atoms with E-state index in [1.807, 2.05) is 0 Å². The topological polar surface area (TPSA) is 237 Å². The fourth-order valence-electron chi connectivity index (χ4n) is 12.6. The van der Waals surface area contributed by atoms with Crippen LogP contribution in [0.2, 0.25) is 0 Å². The molecule has 0 bridgehead atoms. The molecule has 3 unspecified atom stereocenters. The van der Waals surface area contributed by atoms with Crippen LogP contribution in [0.1, 0.15) is 427 Å². The summed E-state index contributed by atoms with van der Waals surface area (Å²) >= 11 is 0. The quantitative estimate of drug-likeness (QED) is 0.0222. The van der Waals surface area contributed by atoms with Gasteiger partial charge in [0.1, 0.15) is 19.3 Å². The molecule has 101 heavy (non-hydrogen) atoms. The van der Waals surface area contributed by atoms with Gasteiger partial charge in [0.2, 0.25) is 0 Å². The van der Waals surface area contributed by atoms with Crippen molar-refractivity contribution in [3.05, 3.63) is 0 Å². The zero-order valence-electron chi connectivity index (χ0n) is 66.4. The van der Waals surface area contributed by atoms with Gasteiger partial charge in [-0.2, -0.15) is 0 Å². The third-order valence-corrected chi connectivity index (χ3v) is 21.4. The van der Waals surface area contributed by atoms with Crippen molar-refractivity contribution in [3.8, 4) is 0 Å². The van der Waals surface area contributed by atoms with E-state index in [0.717, 1.165) is 108 Å². The Balaban J connectivity index is 5.27. The first-order valence-electron chi connectivity index (χ1n) is 42.4. The third-order valence-electron chi connectivity index (χ3n) is 19.5. The number of unbranched alkanes of at least 4 members (excludes halogenated alkanes) is 47. The van der Waals surface area contributed by atoms with Crippen molar-refractivity contribution in [1.82, 2.24) is 0 Å². The molecule has 0 aromatic carbocycles. The molecular formula is C82H160O17P2. The lowest BCUT2D eigenvalue weighted by molar-refractivity contribution is -0.161. The van der Waals surface area contributed by atoms with Crippen LogP contribution in [0.3, 0.4) is 0 Å². The van der Waals surface area contributed by atoms with Gasteiger partial charge in [-0.25, -0.2) is 9.13 Å². The summed E-state index contributed by atoms with van der Waals surface area (Å²) in [6.07, 6.45) is 60.8. The Bertz CT molecular complexity index is 1960. The summed E-state index contributed by atoms with van der Waals surface area (Å²) in [6, 6.07) is 0. The fourth-order valence-corrected chi connectivity index (χ4v) is 14.2. The smallest absolute Gasteiger partial charge is 0.462 e. The molecule has 0 aliphatic carbocycles. The first-order valence-corrected chi connectivity index (χ1v) is 45.4. The van der Waals surface area contributed by atoms with Gasteiger partial charge < -0.3 is 33.8 Å². The summed E-state index contributed by atoms with van der Waals surface area (Å²) in [6.45, 7) is 12.0. The van der Waals surface area contributed by atoms with E-state index in [0.29, 0.717) is 25.7 Å². The highest BCUT2D eigenvalue weighted by atomic mass is 31.2. The zero-order chi connectivity index (χ0) is 74.4. The highest BCUT2D eigenvalue weighted by Crippen LogP contribution is 2.45. The summed E-state index contributed by atoms with van der Waals surface area (Å²) in [7, 11) is -9.92. The summed E-state index contributed by atoms with van der Waals surface area (Å²) in [4.78, 5) is 73.1. The first kappa shape index (κ1) is 99.1. The molecule has 19 heteroatoms. The van der Waals surface area contributed by atoms with E-state index >= 15 is 0 Å². The van der Waals surface area contributed by atoms with E-state index < -0.39 is 97.5 Å². The van der Waals surface area contributed by atoms with Crippen molar-refractivity contribution in [2.75, 3.05) is 39.6 Å². The van der Waals surface area contributed by atoms with Crippen LogP contribution in [-0.2, 0) is 65.4 Å². The van der Waals surface area contributed by atoms with Crippen LogP contribution in [0, 0.1) is 17.8 Å². The minimum absolute atomic E-state index is 0.106. The van der Waals surface area contributed by atoms with Crippen molar-refractivity contribution in [3.63, 3.8) is 0 Å². The maximum atomic E-state index is 13.1. The number of hydrogen-bond acceptors (Lipinski definition) is 15. The highest BCUT2D eigenvalue weighted by molar-refractivity contribution is 7.47. The molecule has 0 aromatic heterocycles. The fraction of sp³-hybridized carbons (Fsp3) is 0.951. The van der Waals surface area contributed by atoms with Gasteiger partial charge in [-0.1, -0.05) is 376 Å². The van der Waals surface area contributed by atoms with Crippen LogP contribution in [0.5, 0.6) is 0 Å². The van der Waals surface area contributed by atoms with Crippen molar-refractivity contribution in [2.45, 2.75) is 446 Å². The van der Waals surface area contributed by atoms with Gasteiger partial charge in [-0.3, -0.25) is 37.3 Å². The largest absolute Gasteiger partial charge is 0.472 e. The lowest BCUT2D eigenvalue weighted by atomic mass is 9.99. The number of esters is 4. The van der Waals surface area contributed by atoms with E-state index in [2.05, 4.69) is 48.5 Å².